The smallest absolute Gasteiger partial charge is 0.279 e. The number of carbonyl (C=O) groups is 1. The highest BCUT2D eigenvalue weighted by molar-refractivity contribution is 7.89. The fourth-order valence-electron chi connectivity index (χ4n) is 3.71. The first kappa shape index (κ1) is 19.2. The molecule has 26 heavy (non-hydrogen) atoms. The molecule has 3 rings (SSSR count). The minimum absolute atomic E-state index is 0.146. The molecule has 0 spiro atoms. The molecule has 0 aliphatic carbocycles. The van der Waals surface area contributed by atoms with Gasteiger partial charge in [0.2, 0.25) is 10.0 Å². The number of sulfonamides is 1. The Bertz CT molecular complexity index is 719. The molecule has 3 heterocycles. The monoisotopic (exact) mass is 385 g/mol. The Morgan fingerprint density at radius 3 is 2.62 bits per heavy atom. The predicted molar refractivity (Wildman–Crippen MR) is 89.8 cm³/mol. The van der Waals surface area contributed by atoms with Crippen molar-refractivity contribution in [2.75, 3.05) is 26.3 Å². The first-order valence-electron chi connectivity index (χ1n) is 8.59. The molecule has 1 amide bonds. The number of hydroxylamine groups is 2. The molecule has 2 saturated heterocycles. The number of nitrogens with zero attached hydrogens (tertiary/aromatic N) is 3. The van der Waals surface area contributed by atoms with E-state index in [9.17, 15) is 13.2 Å². The van der Waals surface area contributed by atoms with Gasteiger partial charge < -0.3 is 4.74 Å². The van der Waals surface area contributed by atoms with Crippen molar-refractivity contribution in [3.8, 4) is 0 Å². The Labute approximate surface area is 152 Å². The number of aromatic nitrogens is 1. The van der Waals surface area contributed by atoms with Gasteiger partial charge in [0.15, 0.2) is 0 Å². The van der Waals surface area contributed by atoms with Crippen LogP contribution in [0.4, 0.5) is 0 Å². The van der Waals surface area contributed by atoms with Gasteiger partial charge in [-0.2, -0.15) is 0 Å². The third kappa shape index (κ3) is 3.89. The standard InChI is InChI=1S/C16H23N3O6S/c20-16(19(21)22)14-11-25-9-5-15(14)26(23,24)18-7-3-12(4-8-18)13-2-1-6-17-10-13/h1-2,6,10,12,14-15,21-22H,3-5,7-9,11H2. The zero-order chi connectivity index (χ0) is 18.7. The molecular weight excluding hydrogens is 362 g/mol. The van der Waals surface area contributed by atoms with E-state index in [1.807, 2.05) is 12.1 Å². The second-order valence-corrected chi connectivity index (χ2v) is 8.79. The van der Waals surface area contributed by atoms with Crippen molar-refractivity contribution in [2.45, 2.75) is 30.4 Å². The van der Waals surface area contributed by atoms with Gasteiger partial charge in [-0.1, -0.05) is 11.3 Å². The van der Waals surface area contributed by atoms with Gasteiger partial charge in [0, 0.05) is 32.1 Å². The van der Waals surface area contributed by atoms with E-state index in [1.165, 1.54) is 4.31 Å². The van der Waals surface area contributed by atoms with E-state index in [2.05, 4.69) is 4.98 Å². The summed E-state index contributed by atoms with van der Waals surface area (Å²) in [5.74, 6) is -1.93. The van der Waals surface area contributed by atoms with E-state index >= 15 is 0 Å². The maximum Gasteiger partial charge on any atom is 0.279 e. The molecule has 2 N–H and O–H groups in total. The number of rotatable bonds is 4. The van der Waals surface area contributed by atoms with Gasteiger partial charge in [-0.25, -0.2) is 12.7 Å². The van der Waals surface area contributed by atoms with Crippen LogP contribution >= 0.6 is 0 Å². The number of hydrogen-bond acceptors (Lipinski definition) is 7. The van der Waals surface area contributed by atoms with Crippen LogP contribution in [0.1, 0.15) is 30.7 Å². The SMILES string of the molecule is O=C(C1COCCC1S(=O)(=O)N1CCC(c2cccnc2)CC1)N(O)O. The van der Waals surface area contributed by atoms with Gasteiger partial charge >= 0.3 is 0 Å². The number of pyridine rings is 1. The van der Waals surface area contributed by atoms with Crippen LogP contribution in [0.3, 0.4) is 0 Å². The van der Waals surface area contributed by atoms with Gasteiger partial charge in [0.05, 0.1) is 17.8 Å². The van der Waals surface area contributed by atoms with Gasteiger partial charge in [0.25, 0.3) is 5.91 Å². The first-order valence-corrected chi connectivity index (χ1v) is 10.1. The van der Waals surface area contributed by atoms with Crippen molar-refractivity contribution in [1.82, 2.24) is 14.5 Å². The van der Waals surface area contributed by atoms with Crippen LogP contribution in [0, 0.1) is 5.92 Å². The van der Waals surface area contributed by atoms with Crippen LogP contribution in [0.15, 0.2) is 24.5 Å². The number of ether oxygens (including phenoxy) is 1. The van der Waals surface area contributed by atoms with Gasteiger partial charge in [0.1, 0.15) is 0 Å². The Hall–Kier alpha value is -1.59. The summed E-state index contributed by atoms with van der Waals surface area (Å²) in [6, 6.07) is 3.86. The average Bonchev–Trinajstić information content (AvgIpc) is 2.68. The summed E-state index contributed by atoms with van der Waals surface area (Å²) in [5.41, 5.74) is 1.10. The molecule has 10 heteroatoms. The summed E-state index contributed by atoms with van der Waals surface area (Å²) in [6.07, 6.45) is 5.02. The van der Waals surface area contributed by atoms with Crippen molar-refractivity contribution in [3.63, 3.8) is 0 Å². The van der Waals surface area contributed by atoms with Crippen LogP contribution in [-0.2, 0) is 19.6 Å². The quantitative estimate of drug-likeness (QED) is 0.575. The minimum Gasteiger partial charge on any atom is -0.381 e. The average molecular weight is 385 g/mol. The number of amides is 1. The van der Waals surface area contributed by atoms with E-state index < -0.39 is 32.3 Å². The Morgan fingerprint density at radius 1 is 1.27 bits per heavy atom. The lowest BCUT2D eigenvalue weighted by molar-refractivity contribution is -0.289. The summed E-state index contributed by atoms with van der Waals surface area (Å²) in [6.45, 7) is 0.799. The molecule has 2 unspecified atom stereocenters. The molecule has 1 aromatic heterocycles. The normalized spacial score (nSPS) is 25.8. The fourth-order valence-corrected chi connectivity index (χ4v) is 5.81. The molecule has 0 bridgehead atoms. The summed E-state index contributed by atoms with van der Waals surface area (Å²) < 4.78 is 32.7. The van der Waals surface area contributed by atoms with Gasteiger partial charge in [-0.05, 0) is 36.8 Å². The van der Waals surface area contributed by atoms with E-state index in [4.69, 9.17) is 15.2 Å². The highest BCUT2D eigenvalue weighted by atomic mass is 32.2. The highest BCUT2D eigenvalue weighted by Crippen LogP contribution is 2.32. The first-order chi connectivity index (χ1) is 12.4. The molecule has 9 nitrogen and oxygen atoms in total. The number of piperidine rings is 1. The predicted octanol–water partition coefficient (Wildman–Crippen LogP) is 0.603. The zero-order valence-electron chi connectivity index (χ0n) is 14.3. The molecule has 0 saturated carbocycles. The molecule has 2 aliphatic heterocycles. The van der Waals surface area contributed by atoms with Gasteiger partial charge in [-0.15, -0.1) is 0 Å². The van der Waals surface area contributed by atoms with Crippen LogP contribution in [0.2, 0.25) is 0 Å². The molecule has 2 aliphatic rings. The van der Waals surface area contributed by atoms with Gasteiger partial charge in [-0.3, -0.25) is 20.2 Å². The van der Waals surface area contributed by atoms with Crippen molar-refractivity contribution in [1.29, 1.82) is 0 Å². The molecule has 0 radical (unpaired) electrons. The van der Waals surface area contributed by atoms with E-state index in [-0.39, 0.29) is 25.6 Å². The summed E-state index contributed by atoms with van der Waals surface area (Å²) in [5, 5.41) is 16.4. The van der Waals surface area contributed by atoms with Crippen molar-refractivity contribution < 1.29 is 28.4 Å². The maximum absolute atomic E-state index is 13.0. The minimum atomic E-state index is -3.75. The van der Waals surface area contributed by atoms with Crippen molar-refractivity contribution >= 4 is 15.9 Å². The third-order valence-corrected chi connectivity index (χ3v) is 7.57. The lowest BCUT2D eigenvalue weighted by atomic mass is 9.91. The zero-order valence-corrected chi connectivity index (χ0v) is 15.1. The van der Waals surface area contributed by atoms with Crippen molar-refractivity contribution in [2.24, 2.45) is 5.92 Å². The Morgan fingerprint density at radius 2 is 2.00 bits per heavy atom. The van der Waals surface area contributed by atoms with E-state index in [0.29, 0.717) is 25.9 Å². The largest absolute Gasteiger partial charge is 0.381 e. The molecule has 2 atom stereocenters. The van der Waals surface area contributed by atoms with Crippen LogP contribution in [0.25, 0.3) is 0 Å². The van der Waals surface area contributed by atoms with Crippen LogP contribution < -0.4 is 0 Å². The number of hydrogen-bond donors (Lipinski definition) is 2. The molecule has 2 fully saturated rings. The van der Waals surface area contributed by atoms with Crippen LogP contribution in [0.5, 0.6) is 0 Å². The lowest BCUT2D eigenvalue weighted by Gasteiger charge is -2.37. The van der Waals surface area contributed by atoms with Crippen LogP contribution in [-0.4, -0.2) is 70.8 Å². The Kier molecular flexibility index (Phi) is 5.88. The molecule has 1 aromatic rings. The topological polar surface area (TPSA) is 120 Å². The summed E-state index contributed by atoms with van der Waals surface area (Å²) >= 11 is 0. The highest BCUT2D eigenvalue weighted by Gasteiger charge is 2.45. The maximum atomic E-state index is 13.0. The van der Waals surface area contributed by atoms with E-state index in [1.54, 1.807) is 12.4 Å². The third-order valence-electron chi connectivity index (χ3n) is 5.16. The second-order valence-electron chi connectivity index (χ2n) is 6.64. The number of carbonyl (C=O) groups excluding carboxylic acids is 1. The van der Waals surface area contributed by atoms with Crippen molar-refractivity contribution in [3.05, 3.63) is 30.1 Å². The lowest BCUT2D eigenvalue weighted by Crippen LogP contribution is -2.52. The van der Waals surface area contributed by atoms with E-state index in [0.717, 1.165) is 5.56 Å². The summed E-state index contributed by atoms with van der Waals surface area (Å²) in [4.78, 5) is 16.0. The fraction of sp³-hybridized carbons (Fsp3) is 0.625. The second kappa shape index (κ2) is 7.97. The molecular formula is C16H23N3O6S. The molecule has 0 aromatic carbocycles. The summed E-state index contributed by atoms with van der Waals surface area (Å²) in [7, 11) is -3.75. The Balaban J connectivity index is 1.71. The molecule has 144 valence electrons.